The monoisotopic (exact) mass is 263 g/mol. The number of hydrogen-bond donors (Lipinski definition) is 2. The van der Waals surface area contributed by atoms with Crippen LogP contribution in [0.25, 0.3) is 0 Å². The Hall–Kier alpha value is -1.69. The fourth-order valence-electron chi connectivity index (χ4n) is 2.54. The zero-order valence-corrected chi connectivity index (χ0v) is 11.5. The first-order valence-electron chi connectivity index (χ1n) is 6.61. The van der Waals surface area contributed by atoms with Gasteiger partial charge in [-0.05, 0) is 32.3 Å². The lowest BCUT2D eigenvalue weighted by molar-refractivity contribution is -0.122. The Labute approximate surface area is 113 Å². The third-order valence-electron chi connectivity index (χ3n) is 3.89. The Morgan fingerprint density at radius 1 is 1.42 bits per heavy atom. The molecule has 0 spiro atoms. The first-order valence-corrected chi connectivity index (χ1v) is 6.61. The van der Waals surface area contributed by atoms with E-state index in [1.54, 1.807) is 0 Å². The molecule has 1 fully saturated rings. The second-order valence-electron chi connectivity index (χ2n) is 5.10. The lowest BCUT2D eigenvalue weighted by Gasteiger charge is -2.33. The molecule has 4 N–H and O–H groups in total. The standard InChI is InChI=1S/C13H21N5O/c1-8-9(2)16-17-13(11(8)6-14)18-5-3-4-10(7-18)12(15)19/h10H,3-7,14H2,1-2H3,(H2,15,19). The maximum Gasteiger partial charge on any atom is 0.222 e. The number of piperidine rings is 1. The Kier molecular flexibility index (Phi) is 3.99. The smallest absolute Gasteiger partial charge is 0.222 e. The first kappa shape index (κ1) is 13.7. The molecule has 1 saturated heterocycles. The van der Waals surface area contributed by atoms with E-state index in [2.05, 4.69) is 15.1 Å². The molecule has 0 radical (unpaired) electrons. The van der Waals surface area contributed by atoms with Crippen molar-refractivity contribution < 1.29 is 4.79 Å². The van der Waals surface area contributed by atoms with E-state index < -0.39 is 0 Å². The lowest BCUT2D eigenvalue weighted by Crippen LogP contribution is -2.42. The fourth-order valence-corrected chi connectivity index (χ4v) is 2.54. The number of primary amides is 1. The summed E-state index contributed by atoms with van der Waals surface area (Å²) in [7, 11) is 0. The number of aryl methyl sites for hydroxylation is 1. The predicted molar refractivity (Wildman–Crippen MR) is 73.5 cm³/mol. The van der Waals surface area contributed by atoms with Crippen LogP contribution in [0.1, 0.15) is 29.7 Å². The van der Waals surface area contributed by atoms with E-state index in [1.807, 2.05) is 13.8 Å². The van der Waals surface area contributed by atoms with Gasteiger partial charge in [-0.25, -0.2) is 0 Å². The van der Waals surface area contributed by atoms with Crippen LogP contribution in [0.15, 0.2) is 0 Å². The highest BCUT2D eigenvalue weighted by molar-refractivity contribution is 5.77. The van der Waals surface area contributed by atoms with Crippen LogP contribution in [0, 0.1) is 19.8 Å². The highest BCUT2D eigenvalue weighted by atomic mass is 16.1. The van der Waals surface area contributed by atoms with Gasteiger partial charge >= 0.3 is 0 Å². The van der Waals surface area contributed by atoms with Gasteiger partial charge in [0.05, 0.1) is 11.6 Å². The van der Waals surface area contributed by atoms with Crippen molar-refractivity contribution in [3.8, 4) is 0 Å². The summed E-state index contributed by atoms with van der Waals surface area (Å²) in [6.07, 6.45) is 1.79. The van der Waals surface area contributed by atoms with E-state index in [1.165, 1.54) is 0 Å². The number of nitrogens with two attached hydrogens (primary N) is 2. The average molecular weight is 263 g/mol. The molecule has 104 valence electrons. The first-order chi connectivity index (χ1) is 9.04. The zero-order valence-electron chi connectivity index (χ0n) is 11.5. The molecule has 1 atom stereocenters. The van der Waals surface area contributed by atoms with Crippen LogP contribution >= 0.6 is 0 Å². The predicted octanol–water partition coefficient (Wildman–Crippen LogP) is 0.254. The maximum atomic E-state index is 11.3. The Balaban J connectivity index is 2.31. The van der Waals surface area contributed by atoms with Crippen molar-refractivity contribution in [3.05, 3.63) is 16.8 Å². The van der Waals surface area contributed by atoms with Crippen LogP contribution in [0.2, 0.25) is 0 Å². The summed E-state index contributed by atoms with van der Waals surface area (Å²) in [5.74, 6) is 0.454. The molecule has 1 amide bonds. The number of aromatic nitrogens is 2. The molecule has 2 heterocycles. The van der Waals surface area contributed by atoms with Gasteiger partial charge in [-0.1, -0.05) is 0 Å². The fraction of sp³-hybridized carbons (Fsp3) is 0.615. The summed E-state index contributed by atoms with van der Waals surface area (Å²) in [5, 5.41) is 8.44. The number of anilines is 1. The van der Waals surface area contributed by atoms with Crippen molar-refractivity contribution in [2.24, 2.45) is 17.4 Å². The number of carbonyl (C=O) groups is 1. The van der Waals surface area contributed by atoms with Gasteiger partial charge in [-0.2, -0.15) is 5.10 Å². The van der Waals surface area contributed by atoms with Crippen LogP contribution in [0.4, 0.5) is 5.82 Å². The number of hydrogen-bond acceptors (Lipinski definition) is 5. The quantitative estimate of drug-likeness (QED) is 0.814. The molecule has 6 nitrogen and oxygen atoms in total. The Bertz CT molecular complexity index is 488. The molecule has 6 heteroatoms. The summed E-state index contributed by atoms with van der Waals surface area (Å²) in [5.41, 5.74) is 14.2. The van der Waals surface area contributed by atoms with E-state index in [9.17, 15) is 4.79 Å². The average Bonchev–Trinajstić information content (AvgIpc) is 2.41. The minimum atomic E-state index is -0.240. The Morgan fingerprint density at radius 3 is 2.79 bits per heavy atom. The molecule has 1 unspecified atom stereocenters. The van der Waals surface area contributed by atoms with Gasteiger partial charge in [0.15, 0.2) is 5.82 Å². The summed E-state index contributed by atoms with van der Waals surface area (Å²) in [6, 6.07) is 0. The molecule has 1 aliphatic heterocycles. The molecule has 19 heavy (non-hydrogen) atoms. The summed E-state index contributed by atoms with van der Waals surface area (Å²) < 4.78 is 0. The molecule has 2 rings (SSSR count). The molecule has 0 aliphatic carbocycles. The number of rotatable bonds is 3. The van der Waals surface area contributed by atoms with E-state index in [0.29, 0.717) is 13.1 Å². The van der Waals surface area contributed by atoms with Gasteiger partial charge in [0.25, 0.3) is 0 Å². The second-order valence-corrected chi connectivity index (χ2v) is 5.10. The minimum Gasteiger partial charge on any atom is -0.369 e. The molecule has 0 saturated carbocycles. The largest absolute Gasteiger partial charge is 0.369 e. The van der Waals surface area contributed by atoms with E-state index in [-0.39, 0.29) is 11.8 Å². The number of nitrogens with zero attached hydrogens (tertiary/aromatic N) is 3. The maximum absolute atomic E-state index is 11.3. The summed E-state index contributed by atoms with van der Waals surface area (Å²) >= 11 is 0. The third-order valence-corrected chi connectivity index (χ3v) is 3.89. The van der Waals surface area contributed by atoms with Gasteiger partial charge in [0.2, 0.25) is 5.91 Å². The minimum absolute atomic E-state index is 0.109. The van der Waals surface area contributed by atoms with Crippen LogP contribution in [-0.4, -0.2) is 29.2 Å². The van der Waals surface area contributed by atoms with Crippen molar-refractivity contribution in [3.63, 3.8) is 0 Å². The Morgan fingerprint density at radius 2 is 2.16 bits per heavy atom. The van der Waals surface area contributed by atoms with Gasteiger partial charge in [-0.15, -0.1) is 5.10 Å². The van der Waals surface area contributed by atoms with Crippen molar-refractivity contribution in [2.75, 3.05) is 18.0 Å². The molecule has 1 aliphatic rings. The van der Waals surface area contributed by atoms with Crippen LogP contribution < -0.4 is 16.4 Å². The van der Waals surface area contributed by atoms with E-state index >= 15 is 0 Å². The molecule has 0 aromatic carbocycles. The topological polar surface area (TPSA) is 98.1 Å². The molecular weight excluding hydrogens is 242 g/mol. The molecular formula is C13H21N5O. The van der Waals surface area contributed by atoms with E-state index in [4.69, 9.17) is 11.5 Å². The number of carbonyl (C=O) groups excluding carboxylic acids is 1. The molecule has 1 aromatic rings. The summed E-state index contributed by atoms with van der Waals surface area (Å²) in [6.45, 7) is 5.83. The van der Waals surface area contributed by atoms with Gasteiger partial charge < -0.3 is 16.4 Å². The van der Waals surface area contributed by atoms with Crippen molar-refractivity contribution >= 4 is 11.7 Å². The molecule has 1 aromatic heterocycles. The van der Waals surface area contributed by atoms with Crippen molar-refractivity contribution in [1.82, 2.24) is 10.2 Å². The highest BCUT2D eigenvalue weighted by Gasteiger charge is 2.26. The highest BCUT2D eigenvalue weighted by Crippen LogP contribution is 2.26. The summed E-state index contributed by atoms with van der Waals surface area (Å²) in [4.78, 5) is 13.4. The van der Waals surface area contributed by atoms with Crippen LogP contribution in [0.3, 0.4) is 0 Å². The lowest BCUT2D eigenvalue weighted by atomic mass is 9.97. The van der Waals surface area contributed by atoms with Crippen LogP contribution in [0.5, 0.6) is 0 Å². The zero-order chi connectivity index (χ0) is 14.0. The van der Waals surface area contributed by atoms with Crippen molar-refractivity contribution in [1.29, 1.82) is 0 Å². The van der Waals surface area contributed by atoms with Crippen molar-refractivity contribution in [2.45, 2.75) is 33.2 Å². The SMILES string of the molecule is Cc1nnc(N2CCCC(C(N)=O)C2)c(CN)c1C. The molecule has 0 bridgehead atoms. The van der Waals surface area contributed by atoms with Gasteiger partial charge in [-0.3, -0.25) is 4.79 Å². The van der Waals surface area contributed by atoms with Crippen LogP contribution in [-0.2, 0) is 11.3 Å². The normalized spacial score (nSPS) is 19.5. The second kappa shape index (κ2) is 5.52. The number of amides is 1. The van der Waals surface area contributed by atoms with Gasteiger partial charge in [0.1, 0.15) is 0 Å². The third kappa shape index (κ3) is 2.68. The van der Waals surface area contributed by atoms with E-state index in [0.717, 1.165) is 42.0 Å². The van der Waals surface area contributed by atoms with Gasteiger partial charge in [0, 0.05) is 25.2 Å².